The molecule has 0 aromatic heterocycles. The van der Waals surface area contributed by atoms with E-state index in [1.165, 1.54) is 0 Å². The molecule has 1 atom stereocenters. The molecule has 5 heteroatoms. The molecule has 0 bridgehead atoms. The van der Waals surface area contributed by atoms with Crippen LogP contribution in [-0.2, 0) is 4.74 Å². The van der Waals surface area contributed by atoms with E-state index < -0.39 is 0 Å². The Labute approximate surface area is 123 Å². The molecule has 0 N–H and O–H groups in total. The summed E-state index contributed by atoms with van der Waals surface area (Å²) in [5.74, 6) is 0. The Bertz CT molecular complexity index is 348. The Balaban J connectivity index is 2.65. The SMILES string of the molecule is C=CCN=C=[N+](CCCN(C)C)C1CN(CC)CCO1. The Kier molecular flexibility index (Phi) is 8.38. The summed E-state index contributed by atoms with van der Waals surface area (Å²) in [6, 6.07) is 3.13. The molecule has 1 rings (SSSR count). The largest absolute Gasteiger partial charge is 0.337 e. The van der Waals surface area contributed by atoms with Gasteiger partial charge < -0.3 is 9.64 Å². The van der Waals surface area contributed by atoms with Gasteiger partial charge in [0.15, 0.2) is 6.54 Å². The van der Waals surface area contributed by atoms with Crippen molar-refractivity contribution in [1.29, 1.82) is 0 Å². The highest BCUT2D eigenvalue weighted by Crippen LogP contribution is 2.06. The first-order valence-corrected chi connectivity index (χ1v) is 7.45. The standard InChI is InChI=1S/C15H29N4O/c1-5-8-16-14-19(10-7-9-17(3)4)15-13-18(6-2)11-12-20-15/h5,15H,1,6-13H2,2-4H3/q+1. The molecule has 0 aromatic carbocycles. The van der Waals surface area contributed by atoms with Crippen molar-refractivity contribution in [2.45, 2.75) is 19.6 Å². The number of nitrogens with zero attached hydrogens (tertiary/aromatic N) is 4. The molecule has 1 saturated heterocycles. The summed E-state index contributed by atoms with van der Waals surface area (Å²) in [5.41, 5.74) is 0. The molecule has 0 saturated carbocycles. The van der Waals surface area contributed by atoms with E-state index in [1.54, 1.807) is 6.08 Å². The van der Waals surface area contributed by atoms with Gasteiger partial charge >= 0.3 is 6.01 Å². The summed E-state index contributed by atoms with van der Waals surface area (Å²) in [4.78, 5) is 8.86. The maximum atomic E-state index is 5.88. The van der Waals surface area contributed by atoms with Crippen molar-refractivity contribution in [1.82, 2.24) is 9.80 Å². The third kappa shape index (κ3) is 6.44. The molecule has 1 unspecified atom stereocenters. The molecule has 0 aromatic rings. The van der Waals surface area contributed by atoms with E-state index in [0.717, 1.165) is 45.8 Å². The normalized spacial score (nSPS) is 19.7. The van der Waals surface area contributed by atoms with Crippen LogP contribution < -0.4 is 0 Å². The number of likely N-dealkylation sites (N-methyl/N-ethyl adjacent to an activating group) is 1. The van der Waals surface area contributed by atoms with Crippen molar-refractivity contribution in [2.75, 3.05) is 60.0 Å². The molecule has 1 aliphatic heterocycles. The zero-order chi connectivity index (χ0) is 14.8. The van der Waals surface area contributed by atoms with Crippen molar-refractivity contribution < 1.29 is 9.31 Å². The van der Waals surface area contributed by atoms with Crippen molar-refractivity contribution in [3.8, 4) is 0 Å². The van der Waals surface area contributed by atoms with Crippen LogP contribution in [0.15, 0.2) is 17.6 Å². The van der Waals surface area contributed by atoms with Gasteiger partial charge in [-0.25, -0.2) is 0 Å². The lowest BCUT2D eigenvalue weighted by atomic mass is 10.3. The average Bonchev–Trinajstić information content (AvgIpc) is 2.45. The van der Waals surface area contributed by atoms with Gasteiger partial charge in [-0.15, -0.1) is 0 Å². The van der Waals surface area contributed by atoms with Gasteiger partial charge in [0.05, 0.1) is 19.7 Å². The monoisotopic (exact) mass is 281 g/mol. The Morgan fingerprint density at radius 1 is 1.55 bits per heavy atom. The first kappa shape index (κ1) is 17.1. The maximum absolute atomic E-state index is 5.88. The molecule has 5 nitrogen and oxygen atoms in total. The first-order valence-electron chi connectivity index (χ1n) is 7.45. The van der Waals surface area contributed by atoms with Crippen molar-refractivity contribution >= 4 is 6.01 Å². The lowest BCUT2D eigenvalue weighted by Gasteiger charge is -2.30. The van der Waals surface area contributed by atoms with Crippen LogP contribution in [0.25, 0.3) is 0 Å². The minimum absolute atomic E-state index is 0.0689. The summed E-state index contributed by atoms with van der Waals surface area (Å²) < 4.78 is 7.99. The van der Waals surface area contributed by atoms with Gasteiger partial charge in [-0.2, -0.15) is 4.58 Å². The fourth-order valence-electron chi connectivity index (χ4n) is 2.17. The smallest absolute Gasteiger partial charge is 0.309 e. The van der Waals surface area contributed by atoms with Crippen LogP contribution in [0.1, 0.15) is 13.3 Å². The maximum Gasteiger partial charge on any atom is 0.309 e. The van der Waals surface area contributed by atoms with E-state index in [9.17, 15) is 0 Å². The lowest BCUT2D eigenvalue weighted by molar-refractivity contribution is -0.612. The van der Waals surface area contributed by atoms with E-state index >= 15 is 0 Å². The van der Waals surface area contributed by atoms with Crippen molar-refractivity contribution in [3.05, 3.63) is 12.7 Å². The van der Waals surface area contributed by atoms with Gasteiger partial charge in [0.2, 0.25) is 6.23 Å². The fraction of sp³-hybridized carbons (Fsp3) is 0.800. The number of hydrogen-bond donors (Lipinski definition) is 0. The summed E-state index contributed by atoms with van der Waals surface area (Å²) in [5, 5.41) is 0. The minimum Gasteiger partial charge on any atom is -0.337 e. The Hall–Kier alpha value is -1.00. The summed E-state index contributed by atoms with van der Waals surface area (Å²) >= 11 is 0. The van der Waals surface area contributed by atoms with Gasteiger partial charge in [0.25, 0.3) is 0 Å². The quantitative estimate of drug-likeness (QED) is 0.378. The predicted molar refractivity (Wildman–Crippen MR) is 82.7 cm³/mol. The third-order valence-corrected chi connectivity index (χ3v) is 3.35. The van der Waals surface area contributed by atoms with Gasteiger partial charge in [-0.1, -0.05) is 13.5 Å². The summed E-state index contributed by atoms with van der Waals surface area (Å²) in [6.07, 6.45) is 2.93. The molecule has 0 spiro atoms. The number of morpholine rings is 1. The number of ether oxygens (including phenoxy) is 1. The van der Waals surface area contributed by atoms with Crippen LogP contribution in [0.3, 0.4) is 0 Å². The van der Waals surface area contributed by atoms with Gasteiger partial charge in [-0.3, -0.25) is 4.90 Å². The highest BCUT2D eigenvalue weighted by molar-refractivity contribution is 5.34. The summed E-state index contributed by atoms with van der Waals surface area (Å²) in [6.45, 7) is 12.2. The van der Waals surface area contributed by atoms with Crippen molar-refractivity contribution in [3.63, 3.8) is 0 Å². The Morgan fingerprint density at radius 3 is 3.00 bits per heavy atom. The summed E-state index contributed by atoms with van der Waals surface area (Å²) in [7, 11) is 4.19. The molecule has 20 heavy (non-hydrogen) atoms. The minimum atomic E-state index is 0.0689. The fourth-order valence-corrected chi connectivity index (χ4v) is 2.17. The second-order valence-electron chi connectivity index (χ2n) is 5.30. The van der Waals surface area contributed by atoms with E-state index in [1.807, 2.05) is 0 Å². The highest BCUT2D eigenvalue weighted by atomic mass is 16.5. The van der Waals surface area contributed by atoms with Crippen LogP contribution in [0, 0.1) is 0 Å². The topological polar surface area (TPSA) is 31.1 Å². The van der Waals surface area contributed by atoms with E-state index in [4.69, 9.17) is 4.74 Å². The van der Waals surface area contributed by atoms with E-state index in [-0.39, 0.29) is 6.23 Å². The third-order valence-electron chi connectivity index (χ3n) is 3.35. The van der Waals surface area contributed by atoms with E-state index in [2.05, 4.69) is 53.0 Å². The molecule has 0 amide bonds. The molecule has 114 valence electrons. The van der Waals surface area contributed by atoms with Crippen LogP contribution >= 0.6 is 0 Å². The molecule has 1 heterocycles. The molecular weight excluding hydrogens is 252 g/mol. The van der Waals surface area contributed by atoms with Crippen LogP contribution in [0.5, 0.6) is 0 Å². The highest BCUT2D eigenvalue weighted by Gasteiger charge is 2.25. The van der Waals surface area contributed by atoms with Crippen LogP contribution in [0.4, 0.5) is 0 Å². The van der Waals surface area contributed by atoms with Gasteiger partial charge in [-0.05, 0) is 38.1 Å². The van der Waals surface area contributed by atoms with Gasteiger partial charge in [0.1, 0.15) is 0 Å². The first-order chi connectivity index (χ1) is 9.67. The molecule has 1 aliphatic rings. The second-order valence-corrected chi connectivity index (χ2v) is 5.30. The number of aliphatic imine (C=N–C) groups is 1. The van der Waals surface area contributed by atoms with Crippen LogP contribution in [-0.4, -0.2) is 86.6 Å². The van der Waals surface area contributed by atoms with Crippen molar-refractivity contribution in [2.24, 2.45) is 4.99 Å². The molecular formula is C15H29N4O+. The molecule has 0 radical (unpaired) electrons. The number of hydrogen-bond acceptors (Lipinski definition) is 4. The molecule has 0 aliphatic carbocycles. The predicted octanol–water partition coefficient (Wildman–Crippen LogP) is 0.989. The zero-order valence-corrected chi connectivity index (χ0v) is 13.2. The van der Waals surface area contributed by atoms with Crippen LogP contribution in [0.2, 0.25) is 0 Å². The Morgan fingerprint density at radius 2 is 2.35 bits per heavy atom. The van der Waals surface area contributed by atoms with Gasteiger partial charge in [0, 0.05) is 13.1 Å². The number of rotatable bonds is 8. The lowest BCUT2D eigenvalue weighted by Crippen LogP contribution is -2.47. The zero-order valence-electron chi connectivity index (χ0n) is 13.2. The average molecular weight is 281 g/mol. The second kappa shape index (κ2) is 9.83. The molecule has 1 fully saturated rings. The van der Waals surface area contributed by atoms with E-state index in [0.29, 0.717) is 6.54 Å².